The minimum Gasteiger partial charge on any atom is -0.491 e. The first-order chi connectivity index (χ1) is 10.2. The van der Waals surface area contributed by atoms with Gasteiger partial charge in [0.15, 0.2) is 0 Å². The van der Waals surface area contributed by atoms with Gasteiger partial charge >= 0.3 is 0 Å². The Kier molecular flexibility index (Phi) is 8.24. The van der Waals surface area contributed by atoms with Gasteiger partial charge in [-0.1, -0.05) is 6.07 Å². The van der Waals surface area contributed by atoms with Gasteiger partial charge in [-0.3, -0.25) is 4.79 Å². The Balaban J connectivity index is 0.00000242. The summed E-state index contributed by atoms with van der Waals surface area (Å²) in [5.41, 5.74) is 0.635. The maximum absolute atomic E-state index is 12.3. The Bertz CT molecular complexity index is 470. The van der Waals surface area contributed by atoms with Crippen molar-refractivity contribution in [1.82, 2.24) is 10.6 Å². The number of carbonyl (C=O) groups is 1. The maximum atomic E-state index is 12.3. The molecule has 5 nitrogen and oxygen atoms in total. The van der Waals surface area contributed by atoms with E-state index in [1.54, 1.807) is 13.2 Å². The molecule has 0 aromatic heterocycles. The Morgan fingerprint density at radius 3 is 2.95 bits per heavy atom. The second kappa shape index (κ2) is 9.66. The standard InChI is InChI=1S/C16H24N2O3.ClH/c1-12-10-14(6-7-17-12)18-16(19)13-4-3-5-15(11-13)21-9-8-20-2;/h3-5,11-12,14,17H,6-10H2,1-2H3,(H,18,19);1H. The molecule has 2 rings (SSSR count). The molecule has 1 heterocycles. The van der Waals surface area contributed by atoms with Gasteiger partial charge in [0.2, 0.25) is 0 Å². The van der Waals surface area contributed by atoms with E-state index in [0.29, 0.717) is 30.6 Å². The number of halogens is 1. The molecule has 2 N–H and O–H groups in total. The number of ether oxygens (including phenoxy) is 2. The predicted octanol–water partition coefficient (Wildman–Crippen LogP) is 2.00. The summed E-state index contributed by atoms with van der Waals surface area (Å²) in [6, 6.07) is 7.96. The molecule has 0 spiro atoms. The normalized spacial score (nSPS) is 20.8. The van der Waals surface area contributed by atoms with Crippen LogP contribution >= 0.6 is 12.4 Å². The molecule has 6 heteroatoms. The third-order valence-electron chi connectivity index (χ3n) is 3.61. The van der Waals surface area contributed by atoms with Crippen LogP contribution in [0.15, 0.2) is 24.3 Å². The molecule has 22 heavy (non-hydrogen) atoms. The lowest BCUT2D eigenvalue weighted by Gasteiger charge is -2.28. The van der Waals surface area contributed by atoms with Crippen molar-refractivity contribution < 1.29 is 14.3 Å². The van der Waals surface area contributed by atoms with Gasteiger partial charge < -0.3 is 20.1 Å². The number of methoxy groups -OCH3 is 1. The minimum absolute atomic E-state index is 0. The van der Waals surface area contributed by atoms with E-state index in [-0.39, 0.29) is 24.4 Å². The van der Waals surface area contributed by atoms with E-state index in [1.807, 2.05) is 18.2 Å². The number of hydrogen-bond donors (Lipinski definition) is 2. The van der Waals surface area contributed by atoms with Crippen molar-refractivity contribution in [3.05, 3.63) is 29.8 Å². The molecule has 1 aliphatic heterocycles. The van der Waals surface area contributed by atoms with Crippen molar-refractivity contribution in [3.8, 4) is 5.75 Å². The number of benzene rings is 1. The van der Waals surface area contributed by atoms with E-state index in [1.165, 1.54) is 0 Å². The zero-order valence-electron chi connectivity index (χ0n) is 13.1. The summed E-state index contributed by atoms with van der Waals surface area (Å²) in [6.45, 7) is 4.10. The number of piperidine rings is 1. The lowest BCUT2D eigenvalue weighted by atomic mass is 10.0. The summed E-state index contributed by atoms with van der Waals surface area (Å²) in [4.78, 5) is 12.3. The van der Waals surface area contributed by atoms with Crippen molar-refractivity contribution in [2.24, 2.45) is 0 Å². The van der Waals surface area contributed by atoms with Crippen LogP contribution in [0.3, 0.4) is 0 Å². The first kappa shape index (κ1) is 18.7. The van der Waals surface area contributed by atoms with Gasteiger partial charge in [0.05, 0.1) is 6.61 Å². The maximum Gasteiger partial charge on any atom is 0.251 e. The molecule has 2 atom stereocenters. The highest BCUT2D eigenvalue weighted by Crippen LogP contribution is 2.15. The largest absolute Gasteiger partial charge is 0.491 e. The highest BCUT2D eigenvalue weighted by molar-refractivity contribution is 5.94. The van der Waals surface area contributed by atoms with Crippen LogP contribution in [-0.4, -0.2) is 44.9 Å². The average molecular weight is 329 g/mol. The molecular formula is C16H25ClN2O3. The smallest absolute Gasteiger partial charge is 0.251 e. The molecule has 1 fully saturated rings. The fraction of sp³-hybridized carbons (Fsp3) is 0.562. The van der Waals surface area contributed by atoms with Gasteiger partial charge in [0, 0.05) is 24.8 Å². The molecule has 124 valence electrons. The third-order valence-corrected chi connectivity index (χ3v) is 3.61. The SMILES string of the molecule is COCCOc1cccc(C(=O)NC2CCNC(C)C2)c1.Cl. The number of nitrogens with one attached hydrogen (secondary N) is 2. The fourth-order valence-corrected chi connectivity index (χ4v) is 2.50. The van der Waals surface area contributed by atoms with Crippen LogP contribution in [-0.2, 0) is 4.74 Å². The first-order valence-electron chi connectivity index (χ1n) is 7.45. The van der Waals surface area contributed by atoms with Crippen LogP contribution in [0, 0.1) is 0 Å². The summed E-state index contributed by atoms with van der Waals surface area (Å²) in [6.07, 6.45) is 1.94. The zero-order chi connectivity index (χ0) is 15.1. The molecule has 2 unspecified atom stereocenters. The van der Waals surface area contributed by atoms with E-state index in [0.717, 1.165) is 19.4 Å². The van der Waals surface area contributed by atoms with Gasteiger partial charge in [-0.15, -0.1) is 12.4 Å². The number of rotatable bonds is 6. The molecule has 0 radical (unpaired) electrons. The summed E-state index contributed by atoms with van der Waals surface area (Å²) < 4.78 is 10.5. The highest BCUT2D eigenvalue weighted by Gasteiger charge is 2.20. The molecule has 1 saturated heterocycles. The third kappa shape index (κ3) is 5.83. The van der Waals surface area contributed by atoms with E-state index in [2.05, 4.69) is 17.6 Å². The predicted molar refractivity (Wildman–Crippen MR) is 89.0 cm³/mol. The molecule has 0 saturated carbocycles. The lowest BCUT2D eigenvalue weighted by Crippen LogP contribution is -2.46. The van der Waals surface area contributed by atoms with Crippen LogP contribution in [0.1, 0.15) is 30.1 Å². The molecule has 1 aliphatic rings. The second-order valence-electron chi connectivity index (χ2n) is 5.42. The van der Waals surface area contributed by atoms with Crippen molar-refractivity contribution in [1.29, 1.82) is 0 Å². The van der Waals surface area contributed by atoms with E-state index in [9.17, 15) is 4.79 Å². The molecule has 0 aliphatic carbocycles. The highest BCUT2D eigenvalue weighted by atomic mass is 35.5. The summed E-state index contributed by atoms with van der Waals surface area (Å²) in [5.74, 6) is 0.657. The molecule has 0 bridgehead atoms. The van der Waals surface area contributed by atoms with Gasteiger partial charge in [-0.2, -0.15) is 0 Å². The van der Waals surface area contributed by atoms with Gasteiger partial charge in [0.25, 0.3) is 5.91 Å². The van der Waals surface area contributed by atoms with E-state index in [4.69, 9.17) is 9.47 Å². The Labute approximate surface area is 138 Å². The van der Waals surface area contributed by atoms with Crippen LogP contribution in [0.2, 0.25) is 0 Å². The molecule has 1 aromatic carbocycles. The quantitative estimate of drug-likeness (QED) is 0.784. The van der Waals surface area contributed by atoms with Crippen LogP contribution in [0.25, 0.3) is 0 Å². The van der Waals surface area contributed by atoms with Gasteiger partial charge in [0.1, 0.15) is 12.4 Å². The van der Waals surface area contributed by atoms with Crippen molar-refractivity contribution >= 4 is 18.3 Å². The number of hydrogen-bond acceptors (Lipinski definition) is 4. The summed E-state index contributed by atoms with van der Waals surface area (Å²) >= 11 is 0. The topological polar surface area (TPSA) is 59.6 Å². The molecule has 1 amide bonds. The monoisotopic (exact) mass is 328 g/mol. The van der Waals surface area contributed by atoms with E-state index >= 15 is 0 Å². The Morgan fingerprint density at radius 1 is 1.41 bits per heavy atom. The summed E-state index contributed by atoms with van der Waals surface area (Å²) in [7, 11) is 1.63. The fourth-order valence-electron chi connectivity index (χ4n) is 2.50. The minimum atomic E-state index is -0.0358. The van der Waals surface area contributed by atoms with Crippen molar-refractivity contribution in [2.75, 3.05) is 26.9 Å². The Morgan fingerprint density at radius 2 is 2.23 bits per heavy atom. The Hall–Kier alpha value is -1.30. The second-order valence-corrected chi connectivity index (χ2v) is 5.42. The van der Waals surface area contributed by atoms with Crippen LogP contribution < -0.4 is 15.4 Å². The van der Waals surface area contributed by atoms with Crippen molar-refractivity contribution in [3.63, 3.8) is 0 Å². The van der Waals surface area contributed by atoms with Crippen LogP contribution in [0.4, 0.5) is 0 Å². The average Bonchev–Trinajstić information content (AvgIpc) is 2.48. The molecule has 1 aromatic rings. The summed E-state index contributed by atoms with van der Waals surface area (Å²) in [5, 5.41) is 6.48. The van der Waals surface area contributed by atoms with Crippen LogP contribution in [0.5, 0.6) is 5.75 Å². The zero-order valence-corrected chi connectivity index (χ0v) is 13.9. The van der Waals surface area contributed by atoms with Crippen molar-refractivity contribution in [2.45, 2.75) is 31.8 Å². The van der Waals surface area contributed by atoms with Gasteiger partial charge in [-0.05, 0) is 44.5 Å². The number of carbonyl (C=O) groups excluding carboxylic acids is 1. The van der Waals surface area contributed by atoms with E-state index < -0.39 is 0 Å². The van der Waals surface area contributed by atoms with Gasteiger partial charge in [-0.25, -0.2) is 0 Å². The lowest BCUT2D eigenvalue weighted by molar-refractivity contribution is 0.0925. The molecular weight excluding hydrogens is 304 g/mol. The first-order valence-corrected chi connectivity index (χ1v) is 7.45. The number of amides is 1.